The van der Waals surface area contributed by atoms with Crippen molar-refractivity contribution in [2.75, 3.05) is 19.8 Å². The predicted octanol–water partition coefficient (Wildman–Crippen LogP) is -2.29. The fourth-order valence-electron chi connectivity index (χ4n) is 1.51. The van der Waals surface area contributed by atoms with E-state index in [4.69, 9.17) is 13.3 Å². The van der Waals surface area contributed by atoms with Crippen LogP contribution in [0.4, 0.5) is 0 Å². The van der Waals surface area contributed by atoms with Crippen molar-refractivity contribution in [1.82, 2.24) is 4.57 Å². The number of aryl methyl sites for hydroxylation is 1. The maximum atomic E-state index is 5.75. The molecule has 0 unspecified atom stereocenters. The Morgan fingerprint density at radius 3 is 1.82 bits per heavy atom. The van der Waals surface area contributed by atoms with Crippen molar-refractivity contribution in [2.45, 2.75) is 20.8 Å². The van der Waals surface area contributed by atoms with Gasteiger partial charge in [0.25, 0.3) is 0 Å². The van der Waals surface area contributed by atoms with Crippen LogP contribution in [0.15, 0.2) is 18.7 Å². The van der Waals surface area contributed by atoms with Crippen molar-refractivity contribution in [2.24, 2.45) is 7.05 Å². The summed E-state index contributed by atoms with van der Waals surface area (Å²) in [4.78, 5) is 0. The molecule has 1 rings (SSSR count). The first-order chi connectivity index (χ1) is 7.68. The van der Waals surface area contributed by atoms with E-state index in [1.54, 1.807) is 0 Å². The van der Waals surface area contributed by atoms with Gasteiger partial charge in [-0.25, -0.2) is 8.80 Å². The summed E-state index contributed by atoms with van der Waals surface area (Å²) in [6.45, 7) is 7.58. The molecule has 1 aromatic heterocycles. The molecule has 0 aliphatic heterocycles. The van der Waals surface area contributed by atoms with E-state index in [0.29, 0.717) is 19.8 Å². The van der Waals surface area contributed by atoms with Gasteiger partial charge < -0.3 is 30.3 Å². The Hall–Kier alpha value is -0.213. The Balaban J connectivity index is 0.00000256. The van der Waals surface area contributed by atoms with Crippen LogP contribution in [-0.4, -0.2) is 33.4 Å². The van der Waals surface area contributed by atoms with Gasteiger partial charge in [0, 0.05) is 19.8 Å². The molecule has 0 N–H and O–H groups in total. The van der Waals surface area contributed by atoms with Crippen LogP contribution in [0, 0.1) is 0 Å². The Bertz CT molecular complexity index is 305. The zero-order valence-corrected chi connectivity index (χ0v) is 13.4. The lowest BCUT2D eigenvalue weighted by atomic mass is 10.9. The molecule has 100 valence electrons. The van der Waals surface area contributed by atoms with Crippen LogP contribution >= 0.6 is 0 Å². The second-order valence-electron chi connectivity index (χ2n) is 3.31. The normalized spacial score (nSPS) is 11.3. The number of imidazole rings is 1. The first-order valence-electron chi connectivity index (χ1n) is 5.64. The van der Waals surface area contributed by atoms with Gasteiger partial charge in [-0.1, -0.05) is 0 Å². The standard InChI is InChI=1S/C10H21N2O3Si.BrH/c1-5-13-16(14-6-2,15-7-3)12-9-8-11(4)10-12;/h8-10H,5-7H2,1-4H3;1H/q+1;/p-1. The van der Waals surface area contributed by atoms with Crippen molar-refractivity contribution in [1.29, 1.82) is 0 Å². The van der Waals surface area contributed by atoms with E-state index in [1.807, 2.05) is 55.3 Å². The van der Waals surface area contributed by atoms with Gasteiger partial charge in [-0.15, -0.1) is 0 Å². The molecular formula is C10H21BrN2O3Si. The molecule has 0 aliphatic rings. The summed E-state index contributed by atoms with van der Waals surface area (Å²) in [5.41, 5.74) is 0. The van der Waals surface area contributed by atoms with Gasteiger partial charge in [0.1, 0.15) is 12.4 Å². The summed E-state index contributed by atoms with van der Waals surface area (Å²) in [7, 11) is -0.797. The Kier molecular flexibility index (Phi) is 7.89. The molecule has 0 amide bonds. The lowest BCUT2D eigenvalue weighted by Crippen LogP contribution is -3.00. The van der Waals surface area contributed by atoms with E-state index in [9.17, 15) is 0 Å². The van der Waals surface area contributed by atoms with Crippen LogP contribution in [0.3, 0.4) is 0 Å². The van der Waals surface area contributed by atoms with Gasteiger partial charge in [0.15, 0.2) is 0 Å². The molecule has 1 heterocycles. The molecule has 0 aliphatic carbocycles. The highest BCUT2D eigenvalue weighted by atomic mass is 79.9. The number of aromatic nitrogens is 2. The van der Waals surface area contributed by atoms with E-state index in [1.165, 1.54) is 0 Å². The maximum Gasteiger partial charge on any atom is 0.757 e. The van der Waals surface area contributed by atoms with E-state index in [-0.39, 0.29) is 17.0 Å². The summed E-state index contributed by atoms with van der Waals surface area (Å²) < 4.78 is 21.1. The summed E-state index contributed by atoms with van der Waals surface area (Å²) >= 11 is 0. The lowest BCUT2D eigenvalue weighted by molar-refractivity contribution is -0.595. The van der Waals surface area contributed by atoms with Crippen LogP contribution in [-0.2, 0) is 20.3 Å². The lowest BCUT2D eigenvalue weighted by Gasteiger charge is -2.22. The molecule has 0 saturated carbocycles. The van der Waals surface area contributed by atoms with Crippen LogP contribution in [0.25, 0.3) is 0 Å². The molecule has 0 spiro atoms. The van der Waals surface area contributed by atoms with Crippen molar-refractivity contribution < 1.29 is 34.5 Å². The summed E-state index contributed by atoms with van der Waals surface area (Å²) in [5, 5.41) is 0. The third-order valence-electron chi connectivity index (χ3n) is 2.07. The minimum absolute atomic E-state index is 0. The molecule has 0 bridgehead atoms. The van der Waals surface area contributed by atoms with E-state index < -0.39 is 8.97 Å². The minimum Gasteiger partial charge on any atom is -1.00 e. The van der Waals surface area contributed by atoms with E-state index in [2.05, 4.69) is 0 Å². The van der Waals surface area contributed by atoms with Crippen molar-refractivity contribution >= 4 is 8.97 Å². The molecule has 7 heteroatoms. The fraction of sp³-hybridized carbons (Fsp3) is 0.700. The average Bonchev–Trinajstić information content (AvgIpc) is 2.66. The topological polar surface area (TPSA) is 36.5 Å². The molecule has 0 fully saturated rings. The fourth-order valence-corrected chi connectivity index (χ4v) is 3.87. The molecule has 0 atom stereocenters. The monoisotopic (exact) mass is 324 g/mol. The smallest absolute Gasteiger partial charge is 0.757 e. The summed E-state index contributed by atoms with van der Waals surface area (Å²) in [6.07, 6.45) is 5.79. The van der Waals surface area contributed by atoms with Gasteiger partial charge in [-0.05, 0) is 20.8 Å². The highest BCUT2D eigenvalue weighted by molar-refractivity contribution is 6.51. The molecule has 5 nitrogen and oxygen atoms in total. The van der Waals surface area contributed by atoms with Gasteiger partial charge in [-0.2, -0.15) is 0 Å². The van der Waals surface area contributed by atoms with Crippen molar-refractivity contribution in [3.05, 3.63) is 18.7 Å². The molecule has 1 aromatic rings. The predicted molar refractivity (Wildman–Crippen MR) is 61.6 cm³/mol. The van der Waals surface area contributed by atoms with Crippen LogP contribution in [0.1, 0.15) is 20.8 Å². The number of halogens is 1. The SMILES string of the molecule is CCO[Si](OCC)(OCC)[n+]1ccn(C)c1.[Br-]. The van der Waals surface area contributed by atoms with E-state index >= 15 is 0 Å². The second-order valence-corrected chi connectivity index (χ2v) is 5.74. The largest absolute Gasteiger partial charge is 1.00 e. The maximum absolute atomic E-state index is 5.75. The Labute approximate surface area is 115 Å². The minimum atomic E-state index is -2.75. The summed E-state index contributed by atoms with van der Waals surface area (Å²) in [6, 6.07) is 0. The number of rotatable bonds is 7. The average molecular weight is 325 g/mol. The van der Waals surface area contributed by atoms with Gasteiger partial charge >= 0.3 is 8.97 Å². The van der Waals surface area contributed by atoms with Crippen LogP contribution < -0.4 is 21.2 Å². The van der Waals surface area contributed by atoms with Crippen molar-refractivity contribution in [3.63, 3.8) is 0 Å². The zero-order chi connectivity index (χ0) is 12.0. The molecule has 17 heavy (non-hydrogen) atoms. The molecular weight excluding hydrogens is 304 g/mol. The van der Waals surface area contributed by atoms with E-state index in [0.717, 1.165) is 0 Å². The third-order valence-corrected chi connectivity index (χ3v) is 4.92. The Morgan fingerprint density at radius 1 is 1.06 bits per heavy atom. The summed E-state index contributed by atoms with van der Waals surface area (Å²) in [5.74, 6) is 0. The first-order valence-corrected chi connectivity index (χ1v) is 7.31. The zero-order valence-electron chi connectivity index (χ0n) is 10.9. The highest BCUT2D eigenvalue weighted by Gasteiger charge is 2.52. The van der Waals surface area contributed by atoms with Crippen LogP contribution in [0.5, 0.6) is 0 Å². The highest BCUT2D eigenvalue weighted by Crippen LogP contribution is 2.05. The molecule has 0 saturated heterocycles. The quantitative estimate of drug-likeness (QED) is 0.530. The Morgan fingerprint density at radius 2 is 1.53 bits per heavy atom. The van der Waals surface area contributed by atoms with Crippen molar-refractivity contribution in [3.8, 4) is 0 Å². The second kappa shape index (κ2) is 7.99. The van der Waals surface area contributed by atoms with Crippen LogP contribution in [0.2, 0.25) is 0 Å². The first kappa shape index (κ1) is 16.8. The molecule has 0 radical (unpaired) electrons. The van der Waals surface area contributed by atoms with Gasteiger partial charge in [0.2, 0.25) is 6.33 Å². The van der Waals surface area contributed by atoms with Gasteiger partial charge in [0.05, 0.1) is 7.05 Å². The number of hydrogen-bond acceptors (Lipinski definition) is 3. The number of nitrogens with zero attached hydrogens (tertiary/aromatic N) is 2. The van der Waals surface area contributed by atoms with Gasteiger partial charge in [-0.3, -0.25) is 0 Å². The number of hydrogen-bond donors (Lipinski definition) is 0. The molecule has 0 aromatic carbocycles. The third kappa shape index (κ3) is 4.18.